The second-order valence-electron chi connectivity index (χ2n) is 7.79. The number of carbonyl (C=O) groups excluding carboxylic acids is 2. The minimum absolute atomic E-state index is 0.0459. The highest BCUT2D eigenvalue weighted by molar-refractivity contribution is 8.04. The van der Waals surface area contributed by atoms with Crippen molar-refractivity contribution in [3.05, 3.63) is 11.1 Å². The normalized spacial score (nSPS) is 32.3. The van der Waals surface area contributed by atoms with Crippen molar-refractivity contribution in [1.29, 1.82) is 0 Å². The van der Waals surface area contributed by atoms with E-state index in [0.717, 1.165) is 56.5 Å². The average molecular weight is 425 g/mol. The van der Waals surface area contributed by atoms with Gasteiger partial charge in [0.1, 0.15) is 0 Å². The van der Waals surface area contributed by atoms with Crippen LogP contribution in [0.2, 0.25) is 0 Å². The molecule has 0 spiro atoms. The molecule has 0 aliphatic carbocycles. The van der Waals surface area contributed by atoms with Crippen LogP contribution in [-0.2, 0) is 9.59 Å². The van der Waals surface area contributed by atoms with Crippen LogP contribution in [0.25, 0.3) is 0 Å². The molecule has 4 aliphatic rings. The maximum atomic E-state index is 12.6. The van der Waals surface area contributed by atoms with Crippen molar-refractivity contribution in [2.45, 2.75) is 31.2 Å². The van der Waals surface area contributed by atoms with E-state index in [-0.39, 0.29) is 36.1 Å². The molecule has 11 heteroatoms. The van der Waals surface area contributed by atoms with Crippen molar-refractivity contribution in [3.63, 3.8) is 0 Å². The summed E-state index contributed by atoms with van der Waals surface area (Å²) in [6, 6.07) is 0.247. The zero-order valence-corrected chi connectivity index (χ0v) is 17.4. The largest absolute Gasteiger partial charge is 0.358 e. The topological polar surface area (TPSA) is 122 Å². The first-order valence-corrected chi connectivity index (χ1v) is 11.5. The molecule has 4 atom stereocenters. The third kappa shape index (κ3) is 5.22. The Morgan fingerprint density at radius 1 is 1.14 bits per heavy atom. The lowest BCUT2D eigenvalue weighted by atomic mass is 9.99. The molecule has 4 unspecified atom stereocenters. The summed E-state index contributed by atoms with van der Waals surface area (Å²) in [5, 5.41) is 22.9. The second kappa shape index (κ2) is 10.1. The standard InChI is InChI=1S/C18H32N8O2S/c27-17(12-2-1-3-19-8-12)20-4-5-21-18(28)13-9-26(6-7-29-13)16-14-15(23-10-22-14)24-11-25-16/h9,12,14-16,19,22-25H,1-8,10-11H2,(H,20,27)(H,21,28). The summed E-state index contributed by atoms with van der Waals surface area (Å²) >= 11 is 1.58. The first kappa shape index (κ1) is 20.9. The van der Waals surface area contributed by atoms with Crippen molar-refractivity contribution >= 4 is 23.6 Å². The number of piperidine rings is 1. The average Bonchev–Trinajstić information content (AvgIpc) is 3.26. The molecule has 29 heavy (non-hydrogen) atoms. The van der Waals surface area contributed by atoms with E-state index in [4.69, 9.17) is 0 Å². The van der Waals surface area contributed by atoms with Crippen LogP contribution < -0.4 is 37.2 Å². The van der Waals surface area contributed by atoms with Gasteiger partial charge in [-0.15, -0.1) is 11.8 Å². The molecule has 4 rings (SSSR count). The van der Waals surface area contributed by atoms with Gasteiger partial charge in [0.05, 0.1) is 29.2 Å². The van der Waals surface area contributed by atoms with E-state index in [2.05, 4.69) is 42.1 Å². The van der Waals surface area contributed by atoms with E-state index in [1.54, 1.807) is 11.8 Å². The van der Waals surface area contributed by atoms with Crippen LogP contribution in [0.1, 0.15) is 12.8 Å². The van der Waals surface area contributed by atoms with Crippen molar-refractivity contribution in [2.75, 3.05) is 51.8 Å². The van der Waals surface area contributed by atoms with E-state index in [1.165, 1.54) is 0 Å². The minimum Gasteiger partial charge on any atom is -0.358 e. The maximum Gasteiger partial charge on any atom is 0.259 e. The first-order chi connectivity index (χ1) is 14.2. The van der Waals surface area contributed by atoms with Crippen LogP contribution >= 0.6 is 11.8 Å². The third-order valence-electron chi connectivity index (χ3n) is 5.84. The number of carbonyl (C=O) groups is 2. The van der Waals surface area contributed by atoms with Crippen LogP contribution in [0.15, 0.2) is 11.1 Å². The minimum atomic E-state index is -0.0729. The quantitative estimate of drug-likeness (QED) is 0.231. The summed E-state index contributed by atoms with van der Waals surface area (Å²) in [6.07, 6.45) is 4.32. The van der Waals surface area contributed by atoms with Crippen molar-refractivity contribution in [1.82, 2.24) is 42.1 Å². The summed E-state index contributed by atoms with van der Waals surface area (Å²) in [5.74, 6) is 0.926. The monoisotopic (exact) mass is 424 g/mol. The van der Waals surface area contributed by atoms with E-state index < -0.39 is 0 Å². The number of nitrogens with one attached hydrogen (secondary N) is 7. The highest BCUT2D eigenvalue weighted by Crippen LogP contribution is 2.24. The second-order valence-corrected chi connectivity index (χ2v) is 8.92. The van der Waals surface area contributed by atoms with Crippen molar-refractivity contribution < 1.29 is 9.59 Å². The first-order valence-electron chi connectivity index (χ1n) is 10.5. The summed E-state index contributed by atoms with van der Waals surface area (Å²) in [5.41, 5.74) is 0. The number of nitrogens with zero attached hydrogens (tertiary/aromatic N) is 1. The number of hydrogen-bond acceptors (Lipinski definition) is 9. The number of amides is 2. The zero-order chi connectivity index (χ0) is 20.1. The lowest BCUT2D eigenvalue weighted by Crippen LogP contribution is -2.68. The molecule has 3 saturated heterocycles. The molecule has 3 fully saturated rings. The lowest BCUT2D eigenvalue weighted by Gasteiger charge is -2.42. The van der Waals surface area contributed by atoms with Gasteiger partial charge in [0.2, 0.25) is 5.91 Å². The van der Waals surface area contributed by atoms with Crippen LogP contribution in [0.4, 0.5) is 0 Å². The van der Waals surface area contributed by atoms with Crippen LogP contribution in [0.5, 0.6) is 0 Å². The summed E-state index contributed by atoms with van der Waals surface area (Å²) < 4.78 is 0. The Morgan fingerprint density at radius 3 is 2.79 bits per heavy atom. The van der Waals surface area contributed by atoms with Gasteiger partial charge in [-0.3, -0.25) is 30.9 Å². The Morgan fingerprint density at radius 2 is 1.97 bits per heavy atom. The van der Waals surface area contributed by atoms with Gasteiger partial charge < -0.3 is 20.9 Å². The van der Waals surface area contributed by atoms with Gasteiger partial charge in [-0.25, -0.2) is 0 Å². The van der Waals surface area contributed by atoms with Gasteiger partial charge in [0.25, 0.3) is 5.91 Å². The van der Waals surface area contributed by atoms with Gasteiger partial charge in [0.15, 0.2) is 0 Å². The van der Waals surface area contributed by atoms with Crippen molar-refractivity contribution in [2.24, 2.45) is 5.92 Å². The Labute approximate surface area is 175 Å². The highest BCUT2D eigenvalue weighted by atomic mass is 32.2. The lowest BCUT2D eigenvalue weighted by molar-refractivity contribution is -0.125. The maximum absolute atomic E-state index is 12.6. The molecular weight excluding hydrogens is 392 g/mol. The molecule has 0 aromatic heterocycles. The number of rotatable bonds is 6. The van der Waals surface area contributed by atoms with E-state index >= 15 is 0 Å². The zero-order valence-electron chi connectivity index (χ0n) is 16.6. The van der Waals surface area contributed by atoms with Crippen LogP contribution in [0.3, 0.4) is 0 Å². The molecule has 162 valence electrons. The fourth-order valence-electron chi connectivity index (χ4n) is 4.27. The molecule has 0 radical (unpaired) electrons. The van der Waals surface area contributed by atoms with Crippen LogP contribution in [0, 0.1) is 5.92 Å². The SMILES string of the molecule is O=C(NCCNC(=O)C1CCCNC1)C1=CN(C2NCNC3NCNC32)CCS1. The summed E-state index contributed by atoms with van der Waals surface area (Å²) in [4.78, 5) is 27.7. The van der Waals surface area contributed by atoms with E-state index in [1.807, 2.05) is 6.20 Å². The van der Waals surface area contributed by atoms with Gasteiger partial charge in [-0.2, -0.15) is 0 Å². The number of hydrogen-bond donors (Lipinski definition) is 7. The molecule has 4 aliphatic heterocycles. The van der Waals surface area contributed by atoms with Crippen molar-refractivity contribution in [3.8, 4) is 0 Å². The Hall–Kier alpha value is -1.37. The molecule has 0 saturated carbocycles. The predicted molar refractivity (Wildman–Crippen MR) is 113 cm³/mol. The molecule has 7 N–H and O–H groups in total. The van der Waals surface area contributed by atoms with Gasteiger partial charge in [0, 0.05) is 51.5 Å². The number of thioether (sulfide) groups is 1. The molecule has 2 amide bonds. The summed E-state index contributed by atoms with van der Waals surface area (Å²) in [6.45, 7) is 5.04. The van der Waals surface area contributed by atoms with E-state index in [0.29, 0.717) is 13.1 Å². The smallest absolute Gasteiger partial charge is 0.259 e. The number of fused-ring (bicyclic) bond motifs is 1. The molecule has 0 bridgehead atoms. The molecule has 0 aromatic rings. The van der Waals surface area contributed by atoms with Gasteiger partial charge in [-0.05, 0) is 19.4 Å². The fourth-order valence-corrected chi connectivity index (χ4v) is 5.21. The predicted octanol–water partition coefficient (Wildman–Crippen LogP) is -2.57. The molecular formula is C18H32N8O2S. The summed E-state index contributed by atoms with van der Waals surface area (Å²) in [7, 11) is 0. The van der Waals surface area contributed by atoms with Gasteiger partial charge >= 0.3 is 0 Å². The highest BCUT2D eigenvalue weighted by Gasteiger charge is 2.39. The third-order valence-corrected chi connectivity index (χ3v) is 6.83. The fraction of sp³-hybridized carbons (Fsp3) is 0.778. The Kier molecular flexibility index (Phi) is 7.27. The Balaban J connectivity index is 1.23. The van der Waals surface area contributed by atoms with Gasteiger partial charge in [-0.1, -0.05) is 0 Å². The molecule has 4 heterocycles. The molecule has 10 nitrogen and oxygen atoms in total. The van der Waals surface area contributed by atoms with E-state index in [9.17, 15) is 9.59 Å². The Bertz CT molecular complexity index is 627. The van der Waals surface area contributed by atoms with Crippen LogP contribution in [-0.4, -0.2) is 86.9 Å². The molecule has 0 aromatic carbocycles.